The number of amides is 1. The number of benzene rings is 1. The van der Waals surface area contributed by atoms with Crippen molar-refractivity contribution >= 4 is 33.5 Å². The van der Waals surface area contributed by atoms with E-state index in [0.29, 0.717) is 5.92 Å². The molecule has 1 N–H and O–H groups in total. The maximum atomic E-state index is 10.8. The van der Waals surface area contributed by atoms with Crippen LogP contribution in [0.1, 0.15) is 24.3 Å². The van der Waals surface area contributed by atoms with Gasteiger partial charge in [0.25, 0.3) is 0 Å². The number of carbonyl (C=O) groups is 1. The van der Waals surface area contributed by atoms with Crippen molar-refractivity contribution in [2.75, 3.05) is 25.5 Å². The third-order valence-corrected chi connectivity index (χ3v) is 6.14. The number of likely N-dealkylation sites (tertiary alicyclic amines) is 1. The minimum Gasteiger partial charge on any atom is -0.329 e. The molecule has 6 heteroatoms. The molecule has 4 rings (SSSR count). The van der Waals surface area contributed by atoms with Gasteiger partial charge in [0, 0.05) is 33.2 Å². The predicted octanol–water partition coefficient (Wildman–Crippen LogP) is 3.74. The number of anilines is 1. The van der Waals surface area contributed by atoms with Gasteiger partial charge in [-0.25, -0.2) is 9.97 Å². The average molecular weight is 352 g/mol. The Kier molecular flexibility index (Phi) is 4.46. The molecule has 0 bridgehead atoms. The molecule has 1 fully saturated rings. The summed E-state index contributed by atoms with van der Waals surface area (Å²) in [7, 11) is 2.18. The Morgan fingerprint density at radius 1 is 1.24 bits per heavy atom. The maximum Gasteiger partial charge on any atom is 0.211 e. The molecular weight excluding hydrogens is 332 g/mol. The highest BCUT2D eigenvalue weighted by molar-refractivity contribution is 7.22. The molecule has 1 aliphatic rings. The standard InChI is InChI=1S/C19H20N4OS/c1-23-6-4-13(5-7-23)18-16-8-15(22-12-24)2-3-17(16)25-19(18)14-9-20-11-21-10-14/h2-3,8-13H,4-7H2,1H3,(H,22,24). The number of nitrogens with zero attached hydrogens (tertiary/aromatic N) is 3. The molecule has 3 heterocycles. The molecule has 2 aromatic heterocycles. The molecule has 25 heavy (non-hydrogen) atoms. The number of rotatable bonds is 4. The number of carbonyl (C=O) groups excluding carboxylic acids is 1. The summed E-state index contributed by atoms with van der Waals surface area (Å²) in [5.74, 6) is 0.520. The average Bonchev–Trinajstić information content (AvgIpc) is 3.02. The van der Waals surface area contributed by atoms with E-state index in [4.69, 9.17) is 0 Å². The number of aromatic nitrogens is 2. The molecule has 3 aromatic rings. The van der Waals surface area contributed by atoms with Gasteiger partial charge in [-0.2, -0.15) is 0 Å². The summed E-state index contributed by atoms with van der Waals surface area (Å²) in [5, 5.41) is 4.02. The van der Waals surface area contributed by atoms with Gasteiger partial charge in [-0.1, -0.05) is 0 Å². The van der Waals surface area contributed by atoms with Crippen LogP contribution in [0.4, 0.5) is 5.69 Å². The molecule has 0 saturated carbocycles. The number of piperidine rings is 1. The lowest BCUT2D eigenvalue weighted by Gasteiger charge is -2.29. The molecule has 0 atom stereocenters. The summed E-state index contributed by atoms with van der Waals surface area (Å²) in [6, 6.07) is 6.15. The van der Waals surface area contributed by atoms with E-state index < -0.39 is 0 Å². The minimum absolute atomic E-state index is 0.520. The highest BCUT2D eigenvalue weighted by Gasteiger charge is 2.25. The first-order valence-corrected chi connectivity index (χ1v) is 9.28. The fraction of sp³-hybridized carbons (Fsp3) is 0.316. The first-order chi connectivity index (χ1) is 12.3. The van der Waals surface area contributed by atoms with Crippen LogP contribution in [0.5, 0.6) is 0 Å². The van der Waals surface area contributed by atoms with E-state index in [1.54, 1.807) is 17.7 Å². The highest BCUT2D eigenvalue weighted by atomic mass is 32.1. The van der Waals surface area contributed by atoms with E-state index in [1.165, 1.54) is 20.5 Å². The van der Waals surface area contributed by atoms with Crippen LogP contribution in [0.25, 0.3) is 20.5 Å². The van der Waals surface area contributed by atoms with Crippen molar-refractivity contribution in [2.45, 2.75) is 18.8 Å². The molecule has 1 saturated heterocycles. The second-order valence-electron chi connectivity index (χ2n) is 6.52. The van der Waals surface area contributed by atoms with Crippen LogP contribution in [-0.4, -0.2) is 41.4 Å². The minimum atomic E-state index is 0.520. The molecule has 1 aromatic carbocycles. The first-order valence-electron chi connectivity index (χ1n) is 8.47. The molecular formula is C19H20N4OS. The van der Waals surface area contributed by atoms with Gasteiger partial charge in [-0.3, -0.25) is 4.79 Å². The molecule has 1 aliphatic heterocycles. The van der Waals surface area contributed by atoms with E-state index in [-0.39, 0.29) is 0 Å². The molecule has 0 aliphatic carbocycles. The van der Waals surface area contributed by atoms with Crippen molar-refractivity contribution < 1.29 is 4.79 Å². The predicted molar refractivity (Wildman–Crippen MR) is 102 cm³/mol. The van der Waals surface area contributed by atoms with Gasteiger partial charge in [-0.15, -0.1) is 11.3 Å². The Balaban J connectivity index is 1.88. The van der Waals surface area contributed by atoms with E-state index >= 15 is 0 Å². The zero-order chi connectivity index (χ0) is 17.2. The van der Waals surface area contributed by atoms with Gasteiger partial charge < -0.3 is 10.2 Å². The third-order valence-electron chi connectivity index (χ3n) is 4.90. The van der Waals surface area contributed by atoms with Crippen LogP contribution in [0.3, 0.4) is 0 Å². The van der Waals surface area contributed by atoms with Crippen molar-refractivity contribution in [3.05, 3.63) is 42.5 Å². The van der Waals surface area contributed by atoms with Gasteiger partial charge in [0.05, 0.1) is 0 Å². The van der Waals surface area contributed by atoms with Crippen LogP contribution in [0.15, 0.2) is 36.9 Å². The summed E-state index contributed by atoms with van der Waals surface area (Å²) in [5.41, 5.74) is 3.30. The van der Waals surface area contributed by atoms with Gasteiger partial charge >= 0.3 is 0 Å². The quantitative estimate of drug-likeness (QED) is 0.727. The Bertz CT molecular complexity index is 885. The van der Waals surface area contributed by atoms with Crippen LogP contribution in [0, 0.1) is 0 Å². The molecule has 0 spiro atoms. The fourth-order valence-corrected chi connectivity index (χ4v) is 4.85. The van der Waals surface area contributed by atoms with Crippen molar-refractivity contribution in [1.29, 1.82) is 0 Å². The third kappa shape index (κ3) is 3.15. The summed E-state index contributed by atoms with van der Waals surface area (Å²) in [6.07, 6.45) is 8.37. The normalized spacial score (nSPS) is 16.2. The van der Waals surface area contributed by atoms with E-state index in [1.807, 2.05) is 18.5 Å². The van der Waals surface area contributed by atoms with Crippen LogP contribution >= 0.6 is 11.3 Å². The topological polar surface area (TPSA) is 58.1 Å². The largest absolute Gasteiger partial charge is 0.329 e. The van der Waals surface area contributed by atoms with E-state index in [0.717, 1.165) is 43.6 Å². The lowest BCUT2D eigenvalue weighted by atomic mass is 9.86. The van der Waals surface area contributed by atoms with Gasteiger partial charge in [0.15, 0.2) is 0 Å². The van der Waals surface area contributed by atoms with Crippen molar-refractivity contribution in [3.63, 3.8) is 0 Å². The second kappa shape index (κ2) is 6.90. The van der Waals surface area contributed by atoms with Crippen molar-refractivity contribution in [2.24, 2.45) is 0 Å². The van der Waals surface area contributed by atoms with E-state index in [2.05, 4.69) is 39.4 Å². The zero-order valence-corrected chi connectivity index (χ0v) is 14.9. The Hall–Kier alpha value is -2.31. The highest BCUT2D eigenvalue weighted by Crippen LogP contribution is 2.45. The lowest BCUT2D eigenvalue weighted by Crippen LogP contribution is -2.29. The maximum absolute atomic E-state index is 10.8. The Labute approximate surface area is 150 Å². The monoisotopic (exact) mass is 352 g/mol. The summed E-state index contributed by atoms with van der Waals surface area (Å²) in [6.45, 7) is 2.22. The number of thiophene rings is 1. The smallest absolute Gasteiger partial charge is 0.211 e. The van der Waals surface area contributed by atoms with Crippen LogP contribution in [-0.2, 0) is 4.79 Å². The number of nitrogens with one attached hydrogen (secondary N) is 1. The lowest BCUT2D eigenvalue weighted by molar-refractivity contribution is -0.105. The summed E-state index contributed by atoms with van der Waals surface area (Å²) < 4.78 is 1.24. The first kappa shape index (κ1) is 16.2. The Morgan fingerprint density at radius 3 is 2.72 bits per heavy atom. The Morgan fingerprint density at radius 2 is 2.00 bits per heavy atom. The summed E-state index contributed by atoms with van der Waals surface area (Å²) >= 11 is 1.79. The van der Waals surface area contributed by atoms with Crippen LogP contribution in [0.2, 0.25) is 0 Å². The zero-order valence-electron chi connectivity index (χ0n) is 14.1. The summed E-state index contributed by atoms with van der Waals surface area (Å²) in [4.78, 5) is 22.9. The van der Waals surface area contributed by atoms with Crippen molar-refractivity contribution in [1.82, 2.24) is 14.9 Å². The van der Waals surface area contributed by atoms with E-state index in [9.17, 15) is 4.79 Å². The van der Waals surface area contributed by atoms with Gasteiger partial charge in [0.2, 0.25) is 6.41 Å². The number of hydrogen-bond acceptors (Lipinski definition) is 5. The van der Waals surface area contributed by atoms with Gasteiger partial charge in [0.1, 0.15) is 6.33 Å². The van der Waals surface area contributed by atoms with Gasteiger partial charge in [-0.05, 0) is 68.0 Å². The molecule has 0 unspecified atom stereocenters. The SMILES string of the molecule is CN1CCC(c2c(-c3cncnc3)sc3ccc(NC=O)cc23)CC1. The molecule has 1 amide bonds. The van der Waals surface area contributed by atoms with Crippen molar-refractivity contribution in [3.8, 4) is 10.4 Å². The molecule has 128 valence electrons. The molecule has 0 radical (unpaired) electrons. The number of hydrogen-bond donors (Lipinski definition) is 1. The van der Waals surface area contributed by atoms with Crippen LogP contribution < -0.4 is 5.32 Å². The number of fused-ring (bicyclic) bond motifs is 1. The second-order valence-corrected chi connectivity index (χ2v) is 7.57. The molecule has 5 nitrogen and oxygen atoms in total. The fourth-order valence-electron chi connectivity index (χ4n) is 3.61.